The molecule has 0 saturated carbocycles. The van der Waals surface area contributed by atoms with E-state index in [2.05, 4.69) is 0 Å². The van der Waals surface area contributed by atoms with Crippen LogP contribution in [0.5, 0.6) is 0 Å². The fraction of sp³-hybridized carbons (Fsp3) is 0.500. The number of nitro groups is 1. The van der Waals surface area contributed by atoms with Gasteiger partial charge in [0.15, 0.2) is 0 Å². The fourth-order valence-electron chi connectivity index (χ4n) is 1.51. The van der Waals surface area contributed by atoms with E-state index in [0.717, 1.165) is 0 Å². The lowest BCUT2D eigenvalue weighted by molar-refractivity contribution is -0.386. The van der Waals surface area contributed by atoms with Crippen molar-refractivity contribution in [3.8, 4) is 0 Å². The lowest BCUT2D eigenvalue weighted by atomic mass is 10.2. The molecule has 1 unspecified atom stereocenters. The van der Waals surface area contributed by atoms with Crippen molar-refractivity contribution in [2.24, 2.45) is 5.92 Å². The van der Waals surface area contributed by atoms with Crippen molar-refractivity contribution in [3.05, 3.63) is 39.9 Å². The maximum atomic E-state index is 10.8. The number of ether oxygens (including phenoxy) is 2. The van der Waals surface area contributed by atoms with Gasteiger partial charge in [0, 0.05) is 19.1 Å². The molecule has 1 aromatic carbocycles. The highest BCUT2D eigenvalue weighted by Gasteiger charge is 2.12. The highest BCUT2D eigenvalue weighted by Crippen LogP contribution is 2.18. The van der Waals surface area contributed by atoms with Crippen LogP contribution in [-0.4, -0.2) is 25.2 Å². The Labute approximate surface area is 101 Å². The Kier molecular flexibility index (Phi) is 5.59. The molecule has 0 aromatic heterocycles. The van der Waals surface area contributed by atoms with Crippen LogP contribution >= 0.6 is 0 Å². The maximum absolute atomic E-state index is 10.8. The van der Waals surface area contributed by atoms with Gasteiger partial charge in [-0.2, -0.15) is 0 Å². The molecule has 94 valence electrons. The zero-order valence-electron chi connectivity index (χ0n) is 10.1. The molecule has 0 saturated heterocycles. The van der Waals surface area contributed by atoms with Crippen molar-refractivity contribution in [2.75, 3.05) is 20.3 Å². The van der Waals surface area contributed by atoms with E-state index >= 15 is 0 Å². The van der Waals surface area contributed by atoms with Crippen LogP contribution in [0, 0.1) is 16.0 Å². The van der Waals surface area contributed by atoms with Gasteiger partial charge in [-0.15, -0.1) is 0 Å². The molecule has 0 fully saturated rings. The third-order valence-corrected chi connectivity index (χ3v) is 2.30. The third kappa shape index (κ3) is 4.50. The largest absolute Gasteiger partial charge is 0.384 e. The van der Waals surface area contributed by atoms with Gasteiger partial charge in [0.2, 0.25) is 0 Å². The molecule has 0 radical (unpaired) electrons. The van der Waals surface area contributed by atoms with Crippen molar-refractivity contribution in [3.63, 3.8) is 0 Å². The number of para-hydroxylation sites is 1. The van der Waals surface area contributed by atoms with Crippen molar-refractivity contribution in [2.45, 2.75) is 13.5 Å². The van der Waals surface area contributed by atoms with Gasteiger partial charge >= 0.3 is 0 Å². The average molecular weight is 239 g/mol. The second-order valence-electron chi connectivity index (χ2n) is 3.96. The Bertz CT molecular complexity index is 367. The molecule has 0 aliphatic rings. The molecular weight excluding hydrogens is 222 g/mol. The first-order chi connectivity index (χ1) is 8.15. The van der Waals surface area contributed by atoms with Gasteiger partial charge in [-0.3, -0.25) is 10.1 Å². The molecule has 17 heavy (non-hydrogen) atoms. The molecular formula is C12H17NO4. The second-order valence-corrected chi connectivity index (χ2v) is 3.96. The quantitative estimate of drug-likeness (QED) is 0.541. The van der Waals surface area contributed by atoms with Crippen LogP contribution in [0.25, 0.3) is 0 Å². The standard InChI is InChI=1S/C12H17NO4/c1-10(7-16-2)8-17-9-11-5-3-4-6-12(11)13(14)15/h3-6,10H,7-9H2,1-2H3. The number of nitro benzene ring substituents is 1. The highest BCUT2D eigenvalue weighted by molar-refractivity contribution is 5.39. The summed E-state index contributed by atoms with van der Waals surface area (Å²) in [6.45, 7) is 3.41. The summed E-state index contributed by atoms with van der Waals surface area (Å²) >= 11 is 0. The number of rotatable bonds is 7. The van der Waals surface area contributed by atoms with Crippen molar-refractivity contribution < 1.29 is 14.4 Å². The number of nitrogens with zero attached hydrogens (tertiary/aromatic N) is 1. The van der Waals surface area contributed by atoms with E-state index in [4.69, 9.17) is 9.47 Å². The SMILES string of the molecule is COCC(C)COCc1ccccc1[N+](=O)[O-]. The molecule has 0 N–H and O–H groups in total. The normalized spacial score (nSPS) is 12.4. The molecule has 0 heterocycles. The summed E-state index contributed by atoms with van der Waals surface area (Å²) in [5.41, 5.74) is 0.703. The smallest absolute Gasteiger partial charge is 0.274 e. The molecule has 5 heteroatoms. The molecule has 1 aromatic rings. The number of hydrogen-bond acceptors (Lipinski definition) is 4. The Morgan fingerprint density at radius 2 is 2.06 bits per heavy atom. The van der Waals surface area contributed by atoms with Crippen LogP contribution in [-0.2, 0) is 16.1 Å². The minimum atomic E-state index is -0.392. The average Bonchev–Trinajstić information content (AvgIpc) is 2.30. The Morgan fingerprint density at radius 3 is 2.71 bits per heavy atom. The molecule has 0 aliphatic carbocycles. The van der Waals surface area contributed by atoms with Crippen LogP contribution in [0.4, 0.5) is 5.69 Å². The summed E-state index contributed by atoms with van der Waals surface area (Å²) in [6.07, 6.45) is 0. The Balaban J connectivity index is 2.49. The Hall–Kier alpha value is -1.46. The predicted molar refractivity (Wildman–Crippen MR) is 63.8 cm³/mol. The van der Waals surface area contributed by atoms with Crippen molar-refractivity contribution >= 4 is 5.69 Å². The summed E-state index contributed by atoms with van der Waals surface area (Å²) in [6, 6.07) is 6.61. The van der Waals surface area contributed by atoms with Gasteiger partial charge in [0.05, 0.1) is 30.3 Å². The molecule has 1 atom stereocenters. The van der Waals surface area contributed by atoms with Gasteiger partial charge in [0.1, 0.15) is 0 Å². The summed E-state index contributed by atoms with van der Waals surface area (Å²) in [5.74, 6) is 0.280. The molecule has 5 nitrogen and oxygen atoms in total. The minimum absolute atomic E-state index is 0.104. The predicted octanol–water partition coefficient (Wildman–Crippen LogP) is 2.39. The minimum Gasteiger partial charge on any atom is -0.384 e. The highest BCUT2D eigenvalue weighted by atomic mass is 16.6. The summed E-state index contributed by atoms with van der Waals surface area (Å²) < 4.78 is 10.4. The number of hydrogen-bond donors (Lipinski definition) is 0. The number of benzene rings is 1. The van der Waals surface area contributed by atoms with E-state index in [9.17, 15) is 10.1 Å². The molecule has 0 amide bonds. The monoisotopic (exact) mass is 239 g/mol. The van der Waals surface area contributed by atoms with Gasteiger partial charge in [-0.1, -0.05) is 19.1 Å². The molecule has 1 rings (SSSR count). The first kappa shape index (κ1) is 13.6. The lowest BCUT2D eigenvalue weighted by Gasteiger charge is -2.10. The topological polar surface area (TPSA) is 61.6 Å². The molecule has 0 spiro atoms. The second kappa shape index (κ2) is 6.98. The van der Waals surface area contributed by atoms with E-state index in [1.807, 2.05) is 6.92 Å². The lowest BCUT2D eigenvalue weighted by Crippen LogP contribution is -2.11. The van der Waals surface area contributed by atoms with Gasteiger partial charge in [-0.05, 0) is 6.07 Å². The zero-order chi connectivity index (χ0) is 12.7. The van der Waals surface area contributed by atoms with Crippen LogP contribution in [0.3, 0.4) is 0 Å². The zero-order valence-corrected chi connectivity index (χ0v) is 10.1. The van der Waals surface area contributed by atoms with Crippen LogP contribution in [0.15, 0.2) is 24.3 Å². The van der Waals surface area contributed by atoms with E-state index in [-0.39, 0.29) is 18.2 Å². The van der Waals surface area contributed by atoms with Gasteiger partial charge < -0.3 is 9.47 Å². The van der Waals surface area contributed by atoms with Gasteiger partial charge in [0.25, 0.3) is 5.69 Å². The maximum Gasteiger partial charge on any atom is 0.274 e. The van der Waals surface area contributed by atoms with Crippen LogP contribution in [0.1, 0.15) is 12.5 Å². The summed E-state index contributed by atoms with van der Waals surface area (Å²) in [7, 11) is 1.64. The molecule has 0 aliphatic heterocycles. The first-order valence-corrected chi connectivity index (χ1v) is 5.44. The fourth-order valence-corrected chi connectivity index (χ4v) is 1.51. The number of methoxy groups -OCH3 is 1. The van der Waals surface area contributed by atoms with Crippen LogP contribution < -0.4 is 0 Å². The summed E-state index contributed by atoms with van der Waals surface area (Å²) in [4.78, 5) is 10.4. The van der Waals surface area contributed by atoms with E-state index < -0.39 is 4.92 Å². The molecule has 0 bridgehead atoms. The third-order valence-electron chi connectivity index (χ3n) is 2.30. The first-order valence-electron chi connectivity index (χ1n) is 5.44. The van der Waals surface area contributed by atoms with Gasteiger partial charge in [-0.25, -0.2) is 0 Å². The summed E-state index contributed by atoms with van der Waals surface area (Å²) in [5, 5.41) is 10.8. The van der Waals surface area contributed by atoms with E-state index in [1.54, 1.807) is 25.3 Å². The van der Waals surface area contributed by atoms with Crippen molar-refractivity contribution in [1.82, 2.24) is 0 Å². The van der Waals surface area contributed by atoms with E-state index in [1.165, 1.54) is 6.07 Å². The van der Waals surface area contributed by atoms with Crippen LogP contribution in [0.2, 0.25) is 0 Å². The van der Waals surface area contributed by atoms with E-state index in [0.29, 0.717) is 18.8 Å². The van der Waals surface area contributed by atoms with Crippen molar-refractivity contribution in [1.29, 1.82) is 0 Å². The Morgan fingerprint density at radius 1 is 1.35 bits per heavy atom.